The lowest BCUT2D eigenvalue weighted by Gasteiger charge is -2.09. The van der Waals surface area contributed by atoms with Crippen LogP contribution in [0, 0.1) is 5.21 Å². The first-order valence-electron chi connectivity index (χ1n) is 5.44. The molecule has 0 fully saturated rings. The molecule has 0 aliphatic carbocycles. The fourth-order valence-electron chi connectivity index (χ4n) is 1.70. The number of carboxylic acid groups (broad SMARTS) is 1. The standard InChI is InChI=1S/C13H8F3NO3/c14-13(15,16)9-6-4-8(5-7-9)10-2-1-3-11(12(18)19)17(10)20/h1-7H,(H,18,19). The van der Waals surface area contributed by atoms with Gasteiger partial charge in [0.1, 0.15) is 0 Å². The van der Waals surface area contributed by atoms with Crippen LogP contribution in [0.1, 0.15) is 16.1 Å². The molecule has 0 aliphatic heterocycles. The monoisotopic (exact) mass is 283 g/mol. The van der Waals surface area contributed by atoms with Crippen LogP contribution in [0.3, 0.4) is 0 Å². The van der Waals surface area contributed by atoms with Crippen LogP contribution in [0.25, 0.3) is 11.3 Å². The highest BCUT2D eigenvalue weighted by Gasteiger charge is 2.30. The molecular weight excluding hydrogens is 275 g/mol. The molecule has 0 spiro atoms. The Bertz CT molecular complexity index is 651. The van der Waals surface area contributed by atoms with Crippen LogP contribution < -0.4 is 4.73 Å². The Labute approximate surface area is 111 Å². The molecule has 0 bridgehead atoms. The number of alkyl halides is 3. The summed E-state index contributed by atoms with van der Waals surface area (Å²) in [5, 5.41) is 20.6. The SMILES string of the molecule is O=C(O)c1cccc(-c2ccc(C(F)(F)F)cc2)[n+]1[O-]. The number of aromatic carboxylic acids is 1. The van der Waals surface area contributed by atoms with Crippen molar-refractivity contribution in [2.45, 2.75) is 6.18 Å². The summed E-state index contributed by atoms with van der Waals surface area (Å²) in [5.74, 6) is -1.41. The lowest BCUT2D eigenvalue weighted by atomic mass is 10.1. The summed E-state index contributed by atoms with van der Waals surface area (Å²) in [7, 11) is 0. The van der Waals surface area contributed by atoms with E-state index in [4.69, 9.17) is 5.11 Å². The Morgan fingerprint density at radius 3 is 2.20 bits per heavy atom. The number of nitrogens with zero attached hydrogens (tertiary/aromatic N) is 1. The second-order valence-electron chi connectivity index (χ2n) is 3.97. The van der Waals surface area contributed by atoms with Gasteiger partial charge < -0.3 is 10.3 Å². The second kappa shape index (κ2) is 4.84. The third-order valence-corrected chi connectivity index (χ3v) is 2.67. The largest absolute Gasteiger partial charge is 0.618 e. The number of hydrogen-bond acceptors (Lipinski definition) is 2. The maximum Gasteiger partial charge on any atom is 0.416 e. The fraction of sp³-hybridized carbons (Fsp3) is 0.0769. The van der Waals surface area contributed by atoms with Crippen molar-refractivity contribution in [2.24, 2.45) is 0 Å². The summed E-state index contributed by atoms with van der Waals surface area (Å²) in [6.45, 7) is 0. The number of hydrogen-bond donors (Lipinski definition) is 1. The van der Waals surface area contributed by atoms with Crippen LogP contribution in [-0.4, -0.2) is 11.1 Å². The zero-order valence-corrected chi connectivity index (χ0v) is 9.89. The van der Waals surface area contributed by atoms with Gasteiger partial charge in [0.2, 0.25) is 5.69 Å². The minimum atomic E-state index is -4.46. The van der Waals surface area contributed by atoms with Crippen molar-refractivity contribution in [3.05, 3.63) is 58.9 Å². The zero-order chi connectivity index (χ0) is 14.9. The normalized spacial score (nSPS) is 11.3. The van der Waals surface area contributed by atoms with Gasteiger partial charge in [0.15, 0.2) is 0 Å². The highest BCUT2D eigenvalue weighted by molar-refractivity contribution is 5.84. The van der Waals surface area contributed by atoms with Crippen molar-refractivity contribution in [3.63, 3.8) is 0 Å². The highest BCUT2D eigenvalue weighted by Crippen LogP contribution is 2.30. The topological polar surface area (TPSA) is 64.2 Å². The minimum Gasteiger partial charge on any atom is -0.618 e. The summed E-state index contributed by atoms with van der Waals surface area (Å²) >= 11 is 0. The summed E-state index contributed by atoms with van der Waals surface area (Å²) in [5.41, 5.74) is -1.16. The molecule has 2 aromatic rings. The molecule has 0 atom stereocenters. The van der Waals surface area contributed by atoms with Gasteiger partial charge in [-0.25, -0.2) is 4.79 Å². The number of rotatable bonds is 2. The van der Waals surface area contributed by atoms with Gasteiger partial charge in [-0.2, -0.15) is 17.9 Å². The van der Waals surface area contributed by atoms with Crippen molar-refractivity contribution in [1.29, 1.82) is 0 Å². The smallest absolute Gasteiger partial charge is 0.416 e. The van der Waals surface area contributed by atoms with Gasteiger partial charge in [0.25, 0.3) is 0 Å². The van der Waals surface area contributed by atoms with Gasteiger partial charge in [-0.15, -0.1) is 0 Å². The van der Waals surface area contributed by atoms with Gasteiger partial charge >= 0.3 is 17.8 Å². The Morgan fingerprint density at radius 2 is 1.70 bits per heavy atom. The van der Waals surface area contributed by atoms with E-state index in [0.29, 0.717) is 0 Å². The number of halogens is 3. The zero-order valence-electron chi connectivity index (χ0n) is 9.89. The second-order valence-corrected chi connectivity index (χ2v) is 3.97. The minimum absolute atomic E-state index is 0.0291. The van der Waals surface area contributed by atoms with E-state index >= 15 is 0 Å². The van der Waals surface area contributed by atoms with Gasteiger partial charge in [0, 0.05) is 17.7 Å². The lowest BCUT2D eigenvalue weighted by Crippen LogP contribution is -2.36. The first kappa shape index (κ1) is 13.9. The van der Waals surface area contributed by atoms with Gasteiger partial charge in [0.05, 0.1) is 5.56 Å². The van der Waals surface area contributed by atoms with Crippen LogP contribution in [-0.2, 0) is 6.18 Å². The number of aromatic nitrogens is 1. The summed E-state index contributed by atoms with van der Waals surface area (Å²) in [6, 6.07) is 7.72. The molecule has 0 unspecified atom stereocenters. The molecule has 7 heteroatoms. The summed E-state index contributed by atoms with van der Waals surface area (Å²) < 4.78 is 37.5. The average Bonchev–Trinajstić information content (AvgIpc) is 2.38. The van der Waals surface area contributed by atoms with Crippen molar-refractivity contribution < 1.29 is 27.8 Å². The molecule has 1 N–H and O–H groups in total. The first-order chi connectivity index (χ1) is 9.30. The van der Waals surface area contributed by atoms with Crippen LogP contribution in [0.4, 0.5) is 13.2 Å². The van der Waals surface area contributed by atoms with Crippen molar-refractivity contribution in [3.8, 4) is 11.3 Å². The van der Waals surface area contributed by atoms with Crippen molar-refractivity contribution >= 4 is 5.97 Å². The van der Waals surface area contributed by atoms with Crippen molar-refractivity contribution in [1.82, 2.24) is 0 Å². The Kier molecular flexibility index (Phi) is 3.35. The van der Waals surface area contributed by atoms with E-state index in [-0.39, 0.29) is 16.0 Å². The van der Waals surface area contributed by atoms with E-state index in [1.807, 2.05) is 0 Å². The maximum atomic E-state index is 12.4. The highest BCUT2D eigenvalue weighted by atomic mass is 19.4. The van der Waals surface area contributed by atoms with Crippen molar-refractivity contribution in [2.75, 3.05) is 0 Å². The molecule has 2 rings (SSSR count). The van der Waals surface area contributed by atoms with Gasteiger partial charge in [-0.05, 0) is 30.3 Å². The first-order valence-corrected chi connectivity index (χ1v) is 5.44. The molecule has 1 aromatic heterocycles. The molecule has 0 amide bonds. The third kappa shape index (κ3) is 2.56. The van der Waals surface area contributed by atoms with Crippen LogP contribution in [0.5, 0.6) is 0 Å². The molecular formula is C13H8F3NO3. The van der Waals surface area contributed by atoms with Crippen LogP contribution >= 0.6 is 0 Å². The average molecular weight is 283 g/mol. The predicted molar refractivity (Wildman–Crippen MR) is 62.8 cm³/mol. The molecule has 0 saturated carbocycles. The quantitative estimate of drug-likeness (QED) is 0.680. The molecule has 0 saturated heterocycles. The molecule has 0 aliphatic rings. The van der Waals surface area contributed by atoms with Crippen LogP contribution in [0.2, 0.25) is 0 Å². The molecule has 0 radical (unpaired) electrons. The number of benzene rings is 1. The Morgan fingerprint density at radius 1 is 1.10 bits per heavy atom. The van der Waals surface area contributed by atoms with E-state index < -0.39 is 23.4 Å². The van der Waals surface area contributed by atoms with E-state index in [0.717, 1.165) is 30.3 Å². The van der Waals surface area contributed by atoms with Gasteiger partial charge in [-0.1, -0.05) is 0 Å². The Balaban J connectivity index is 2.48. The Hall–Kier alpha value is -2.57. The molecule has 20 heavy (non-hydrogen) atoms. The number of carbonyl (C=O) groups is 1. The summed E-state index contributed by atoms with van der Waals surface area (Å²) in [6.07, 6.45) is -4.46. The molecule has 4 nitrogen and oxygen atoms in total. The third-order valence-electron chi connectivity index (χ3n) is 2.67. The molecule has 1 heterocycles. The predicted octanol–water partition coefficient (Wildman–Crippen LogP) is 2.70. The fourth-order valence-corrected chi connectivity index (χ4v) is 1.70. The summed E-state index contributed by atoms with van der Waals surface area (Å²) in [4.78, 5) is 10.8. The maximum absolute atomic E-state index is 12.4. The van der Waals surface area contributed by atoms with E-state index in [2.05, 4.69) is 0 Å². The molecule has 1 aromatic carbocycles. The number of carboxylic acids is 1. The van der Waals surface area contributed by atoms with Gasteiger partial charge in [-0.3, -0.25) is 0 Å². The van der Waals surface area contributed by atoms with Crippen LogP contribution in [0.15, 0.2) is 42.5 Å². The lowest BCUT2D eigenvalue weighted by molar-refractivity contribution is -0.596. The number of pyridine rings is 1. The van der Waals surface area contributed by atoms with E-state index in [9.17, 15) is 23.2 Å². The molecule has 104 valence electrons. The van der Waals surface area contributed by atoms with E-state index in [1.54, 1.807) is 0 Å². The van der Waals surface area contributed by atoms with E-state index in [1.165, 1.54) is 12.1 Å².